The minimum absolute atomic E-state index is 0.00246. The van der Waals surface area contributed by atoms with Crippen LogP contribution in [0.1, 0.15) is 50.4 Å². The van der Waals surface area contributed by atoms with Gasteiger partial charge in [0.2, 0.25) is 0 Å². The van der Waals surface area contributed by atoms with E-state index in [-0.39, 0.29) is 36.1 Å². The lowest BCUT2D eigenvalue weighted by Gasteiger charge is -2.26. The number of rotatable bonds is 11. The summed E-state index contributed by atoms with van der Waals surface area (Å²) in [5, 5.41) is 10.9. The average molecular weight is 644 g/mol. The van der Waals surface area contributed by atoms with Gasteiger partial charge in [0.05, 0.1) is 40.5 Å². The lowest BCUT2D eigenvalue weighted by molar-refractivity contribution is -0.384. The van der Waals surface area contributed by atoms with Gasteiger partial charge in [0, 0.05) is 17.7 Å². The maximum atomic E-state index is 14.1. The quantitative estimate of drug-likeness (QED) is 0.126. The van der Waals surface area contributed by atoms with Crippen LogP contribution < -0.4 is 29.1 Å². The zero-order valence-corrected chi connectivity index (χ0v) is 26.8. The number of hydrogen-bond donors (Lipinski definition) is 0. The molecule has 0 N–H and O–H groups in total. The molecule has 11 nitrogen and oxygen atoms in total. The predicted octanol–water partition coefficient (Wildman–Crippen LogP) is 5.08. The zero-order chi connectivity index (χ0) is 33.0. The summed E-state index contributed by atoms with van der Waals surface area (Å²) in [6, 6.07) is 17.9. The number of fused-ring (bicyclic) bond motifs is 1. The van der Waals surface area contributed by atoms with Crippen molar-refractivity contribution in [1.29, 1.82) is 0 Å². The van der Waals surface area contributed by atoms with E-state index in [0.29, 0.717) is 43.4 Å². The number of hydrogen-bond acceptors (Lipinski definition) is 10. The van der Waals surface area contributed by atoms with Crippen LogP contribution in [0.2, 0.25) is 0 Å². The molecule has 0 saturated carbocycles. The number of aromatic nitrogens is 1. The molecule has 3 aromatic carbocycles. The van der Waals surface area contributed by atoms with Crippen LogP contribution in [-0.2, 0) is 16.1 Å². The van der Waals surface area contributed by atoms with Gasteiger partial charge in [0.25, 0.3) is 11.2 Å². The Labute approximate surface area is 268 Å². The molecular weight excluding hydrogens is 610 g/mol. The largest absolute Gasteiger partial charge is 0.493 e. The summed E-state index contributed by atoms with van der Waals surface area (Å²) in [5.74, 6) is 0.927. The molecule has 0 spiro atoms. The number of nitrogens with zero attached hydrogens (tertiary/aromatic N) is 3. The Balaban J connectivity index is 1.53. The summed E-state index contributed by atoms with van der Waals surface area (Å²) in [6.45, 7) is 7.64. The highest BCUT2D eigenvalue weighted by atomic mass is 32.1. The third-order valence-electron chi connectivity index (χ3n) is 7.12. The number of benzene rings is 3. The summed E-state index contributed by atoms with van der Waals surface area (Å²) in [6.07, 6.45) is 1.60. The van der Waals surface area contributed by atoms with E-state index in [2.05, 4.69) is 4.99 Å². The number of para-hydroxylation sites is 1. The first-order valence-electron chi connectivity index (χ1n) is 14.6. The molecule has 0 aliphatic carbocycles. The standard InChI is InChI=1S/C34H33N3O8S/c1-6-43-33(39)30-21(4)35-34-36(31(30)25-9-7-8-10-26(25)45-20(2)3)32(38)29(46-34)18-23-13-16-27(28(17-23)42-5)44-19-22-11-14-24(15-12-22)37(40)41/h7-18,20,31H,6,19H2,1-5H3/b29-18+/t31-/m1/s1. The molecule has 12 heteroatoms. The number of carbonyl (C=O) groups is 1. The number of ether oxygens (including phenoxy) is 4. The highest BCUT2D eigenvalue weighted by Crippen LogP contribution is 2.36. The normalized spacial score (nSPS) is 14.5. The summed E-state index contributed by atoms with van der Waals surface area (Å²) in [5.41, 5.74) is 2.51. The second-order valence-corrected chi connectivity index (χ2v) is 11.6. The van der Waals surface area contributed by atoms with Crippen molar-refractivity contribution in [3.8, 4) is 17.2 Å². The molecule has 0 saturated heterocycles. The monoisotopic (exact) mass is 643 g/mol. The second kappa shape index (κ2) is 13.8. The van der Waals surface area contributed by atoms with E-state index in [1.807, 2.05) is 38.1 Å². The highest BCUT2D eigenvalue weighted by Gasteiger charge is 2.35. The third-order valence-corrected chi connectivity index (χ3v) is 8.10. The molecule has 2 heterocycles. The molecule has 0 fully saturated rings. The van der Waals surface area contributed by atoms with E-state index >= 15 is 0 Å². The molecule has 5 rings (SSSR count). The molecule has 1 aliphatic rings. The van der Waals surface area contributed by atoms with Gasteiger partial charge in [-0.3, -0.25) is 19.5 Å². The Morgan fingerprint density at radius 2 is 1.83 bits per heavy atom. The first-order chi connectivity index (χ1) is 22.1. The van der Waals surface area contributed by atoms with Crippen LogP contribution in [0.4, 0.5) is 5.69 Å². The van der Waals surface area contributed by atoms with Crippen molar-refractivity contribution in [1.82, 2.24) is 4.57 Å². The topological polar surface area (TPSA) is 131 Å². The molecule has 0 radical (unpaired) electrons. The number of methoxy groups -OCH3 is 1. The Kier molecular flexibility index (Phi) is 9.67. The maximum Gasteiger partial charge on any atom is 0.338 e. The van der Waals surface area contributed by atoms with Crippen molar-refractivity contribution >= 4 is 29.1 Å². The van der Waals surface area contributed by atoms with Crippen LogP contribution in [0.5, 0.6) is 17.2 Å². The number of esters is 1. The van der Waals surface area contributed by atoms with Crippen LogP contribution in [0.25, 0.3) is 6.08 Å². The third kappa shape index (κ3) is 6.71. The molecule has 0 bridgehead atoms. The van der Waals surface area contributed by atoms with Gasteiger partial charge in [-0.15, -0.1) is 0 Å². The summed E-state index contributed by atoms with van der Waals surface area (Å²) in [7, 11) is 1.52. The van der Waals surface area contributed by atoms with E-state index in [4.69, 9.17) is 18.9 Å². The molecule has 1 atom stereocenters. The van der Waals surface area contributed by atoms with Crippen molar-refractivity contribution < 1.29 is 28.7 Å². The molecule has 46 heavy (non-hydrogen) atoms. The second-order valence-electron chi connectivity index (χ2n) is 10.6. The van der Waals surface area contributed by atoms with Crippen molar-refractivity contribution in [2.75, 3.05) is 13.7 Å². The SMILES string of the molecule is CCOC(=O)C1=C(C)N=c2s/c(=C/c3ccc(OCc4ccc([N+](=O)[O-])cc4)c(OC)c3)c(=O)n2[C@@H]1c1ccccc1OC(C)C. The molecule has 238 valence electrons. The van der Waals surface area contributed by atoms with Crippen LogP contribution in [0, 0.1) is 10.1 Å². The number of thiazole rings is 1. The van der Waals surface area contributed by atoms with Crippen molar-refractivity contribution in [3.05, 3.63) is 124 Å². The summed E-state index contributed by atoms with van der Waals surface area (Å²) in [4.78, 5) is 42.9. The molecule has 0 unspecified atom stereocenters. The van der Waals surface area contributed by atoms with E-state index in [1.54, 1.807) is 50.3 Å². The molecule has 1 aromatic heterocycles. The zero-order valence-electron chi connectivity index (χ0n) is 26.0. The van der Waals surface area contributed by atoms with Gasteiger partial charge in [-0.2, -0.15) is 0 Å². The first kappa shape index (κ1) is 32.2. The van der Waals surface area contributed by atoms with Gasteiger partial charge in [0.1, 0.15) is 18.4 Å². The van der Waals surface area contributed by atoms with Crippen LogP contribution in [0.15, 0.2) is 87.8 Å². The van der Waals surface area contributed by atoms with Gasteiger partial charge in [-0.05, 0) is 75.2 Å². The van der Waals surface area contributed by atoms with E-state index in [1.165, 1.54) is 35.1 Å². The van der Waals surface area contributed by atoms with Gasteiger partial charge < -0.3 is 18.9 Å². The van der Waals surface area contributed by atoms with Crippen molar-refractivity contribution in [2.45, 2.75) is 46.4 Å². The fourth-order valence-electron chi connectivity index (χ4n) is 5.07. The average Bonchev–Trinajstić information content (AvgIpc) is 3.33. The maximum absolute atomic E-state index is 14.1. The Hall–Kier alpha value is -5.23. The Morgan fingerprint density at radius 3 is 2.50 bits per heavy atom. The Bertz CT molecular complexity index is 1990. The van der Waals surface area contributed by atoms with Gasteiger partial charge in [-0.25, -0.2) is 9.79 Å². The number of nitro benzene ring substituents is 1. The highest BCUT2D eigenvalue weighted by molar-refractivity contribution is 7.07. The van der Waals surface area contributed by atoms with Gasteiger partial charge >= 0.3 is 5.97 Å². The minimum atomic E-state index is -0.808. The van der Waals surface area contributed by atoms with Crippen LogP contribution in [0.3, 0.4) is 0 Å². The minimum Gasteiger partial charge on any atom is -0.493 e. The summed E-state index contributed by atoms with van der Waals surface area (Å²) < 4.78 is 24.9. The molecular formula is C34H33N3O8S. The van der Waals surface area contributed by atoms with Gasteiger partial charge in [-0.1, -0.05) is 35.6 Å². The van der Waals surface area contributed by atoms with Crippen molar-refractivity contribution in [3.63, 3.8) is 0 Å². The van der Waals surface area contributed by atoms with Crippen molar-refractivity contribution in [2.24, 2.45) is 4.99 Å². The fourth-order valence-corrected chi connectivity index (χ4v) is 6.12. The molecule has 1 aliphatic heterocycles. The predicted molar refractivity (Wildman–Crippen MR) is 173 cm³/mol. The fraction of sp³-hybridized carbons (Fsp3) is 0.265. The molecule has 4 aromatic rings. The molecule has 0 amide bonds. The number of non-ortho nitro benzene ring substituents is 1. The number of nitro groups is 1. The number of allylic oxidation sites excluding steroid dienone is 1. The smallest absolute Gasteiger partial charge is 0.338 e. The van der Waals surface area contributed by atoms with Gasteiger partial charge in [0.15, 0.2) is 16.3 Å². The van der Waals surface area contributed by atoms with E-state index in [0.717, 1.165) is 5.56 Å². The van der Waals surface area contributed by atoms with E-state index < -0.39 is 16.9 Å². The first-order valence-corrected chi connectivity index (χ1v) is 15.4. The number of carbonyl (C=O) groups excluding carboxylic acids is 1. The van der Waals surface area contributed by atoms with Crippen LogP contribution >= 0.6 is 11.3 Å². The summed E-state index contributed by atoms with van der Waals surface area (Å²) >= 11 is 1.22. The van der Waals surface area contributed by atoms with E-state index in [9.17, 15) is 19.7 Å². The van der Waals surface area contributed by atoms with Crippen LogP contribution in [-0.4, -0.2) is 35.3 Å². The lowest BCUT2D eigenvalue weighted by atomic mass is 9.95. The lowest BCUT2D eigenvalue weighted by Crippen LogP contribution is -2.40. The Morgan fingerprint density at radius 1 is 1.09 bits per heavy atom.